The Morgan fingerprint density at radius 3 is 2.65 bits per heavy atom. The average Bonchev–Trinajstić information content (AvgIpc) is 2.31. The summed E-state index contributed by atoms with van der Waals surface area (Å²) in [6.07, 6.45) is 1.74. The number of carbonyl (C=O) groups is 1. The number of nitrogens with one attached hydrogen (secondary N) is 3. The molecule has 1 aliphatic rings. The Morgan fingerprint density at radius 1 is 1.35 bits per heavy atom. The summed E-state index contributed by atoms with van der Waals surface area (Å²) in [6.45, 7) is 2.20. The molecule has 1 saturated carbocycles. The van der Waals surface area contributed by atoms with Gasteiger partial charge in [-0.25, -0.2) is 4.79 Å². The Bertz CT molecular complexity index is 598. The van der Waals surface area contributed by atoms with Gasteiger partial charge in [-0.2, -0.15) is 0 Å². The SMILES string of the molecule is Cc1[nH]c(=O)[nH]c(=O)c1CCC(=O)NCC1CC(O)C1. The van der Waals surface area contributed by atoms with Gasteiger partial charge >= 0.3 is 5.69 Å². The molecule has 0 aromatic carbocycles. The molecule has 7 nitrogen and oxygen atoms in total. The number of amides is 1. The minimum absolute atomic E-state index is 0.128. The molecule has 0 radical (unpaired) electrons. The third-order valence-electron chi connectivity index (χ3n) is 3.66. The van der Waals surface area contributed by atoms with Gasteiger partial charge in [0.25, 0.3) is 5.56 Å². The zero-order chi connectivity index (χ0) is 14.7. The lowest BCUT2D eigenvalue weighted by Gasteiger charge is -2.31. The van der Waals surface area contributed by atoms with E-state index in [0.29, 0.717) is 23.7 Å². The molecule has 1 aromatic heterocycles. The highest BCUT2D eigenvalue weighted by Gasteiger charge is 2.27. The van der Waals surface area contributed by atoms with Gasteiger partial charge in [0.1, 0.15) is 0 Å². The van der Waals surface area contributed by atoms with E-state index in [1.807, 2.05) is 0 Å². The normalized spacial score (nSPS) is 21.3. The van der Waals surface area contributed by atoms with Crippen LogP contribution in [0.25, 0.3) is 0 Å². The van der Waals surface area contributed by atoms with E-state index in [1.54, 1.807) is 6.92 Å². The van der Waals surface area contributed by atoms with E-state index < -0.39 is 11.2 Å². The summed E-state index contributed by atoms with van der Waals surface area (Å²) in [7, 11) is 0. The van der Waals surface area contributed by atoms with Gasteiger partial charge in [0.2, 0.25) is 5.91 Å². The summed E-state index contributed by atoms with van der Waals surface area (Å²) >= 11 is 0. The number of carbonyl (C=O) groups excluding carboxylic acids is 1. The number of hydrogen-bond acceptors (Lipinski definition) is 4. The number of aromatic nitrogens is 2. The average molecular weight is 281 g/mol. The molecule has 110 valence electrons. The Hall–Kier alpha value is -1.89. The largest absolute Gasteiger partial charge is 0.393 e. The minimum Gasteiger partial charge on any atom is -0.393 e. The molecule has 1 fully saturated rings. The number of aryl methyl sites for hydroxylation is 1. The summed E-state index contributed by atoms with van der Waals surface area (Å²) in [5.41, 5.74) is -0.0575. The first-order valence-electron chi connectivity index (χ1n) is 6.72. The van der Waals surface area contributed by atoms with Crippen LogP contribution in [0.1, 0.15) is 30.5 Å². The molecule has 1 heterocycles. The fraction of sp³-hybridized carbons (Fsp3) is 0.615. The third kappa shape index (κ3) is 3.57. The standard InChI is InChI=1S/C13H19N3O4/c1-7-10(12(19)16-13(20)15-7)2-3-11(18)14-6-8-4-9(17)5-8/h8-9,17H,2-6H2,1H3,(H,14,18)(H2,15,16,19,20). The van der Waals surface area contributed by atoms with Crippen molar-refractivity contribution >= 4 is 5.91 Å². The fourth-order valence-corrected chi connectivity index (χ4v) is 2.38. The molecule has 0 atom stereocenters. The first-order valence-corrected chi connectivity index (χ1v) is 6.72. The molecule has 0 aliphatic heterocycles. The monoisotopic (exact) mass is 281 g/mol. The zero-order valence-corrected chi connectivity index (χ0v) is 11.4. The summed E-state index contributed by atoms with van der Waals surface area (Å²) < 4.78 is 0. The molecule has 0 unspecified atom stereocenters. The molecule has 4 N–H and O–H groups in total. The van der Waals surface area contributed by atoms with E-state index in [0.717, 1.165) is 12.8 Å². The maximum atomic E-state index is 11.7. The minimum atomic E-state index is -0.538. The highest BCUT2D eigenvalue weighted by Crippen LogP contribution is 2.26. The molecule has 0 saturated heterocycles. The van der Waals surface area contributed by atoms with Crippen LogP contribution in [0.4, 0.5) is 0 Å². The summed E-state index contributed by atoms with van der Waals surface area (Å²) in [4.78, 5) is 39.0. The van der Waals surface area contributed by atoms with Crippen LogP contribution in [0.15, 0.2) is 9.59 Å². The quantitative estimate of drug-likeness (QED) is 0.565. The summed E-state index contributed by atoms with van der Waals surface area (Å²) in [5, 5.41) is 11.9. The van der Waals surface area contributed by atoms with Crippen LogP contribution in [0.3, 0.4) is 0 Å². The van der Waals surface area contributed by atoms with Gasteiger partial charge in [-0.3, -0.25) is 14.6 Å². The number of hydrogen-bond donors (Lipinski definition) is 4. The van der Waals surface area contributed by atoms with Crippen molar-refractivity contribution in [2.24, 2.45) is 5.92 Å². The van der Waals surface area contributed by atoms with E-state index in [-0.39, 0.29) is 24.9 Å². The summed E-state index contributed by atoms with van der Waals surface area (Å²) in [6, 6.07) is 0. The van der Waals surface area contributed by atoms with Gasteiger partial charge in [-0.1, -0.05) is 0 Å². The van der Waals surface area contributed by atoms with Crippen LogP contribution in [-0.2, 0) is 11.2 Å². The lowest BCUT2D eigenvalue weighted by atomic mass is 9.82. The topological polar surface area (TPSA) is 115 Å². The highest BCUT2D eigenvalue weighted by molar-refractivity contribution is 5.76. The molecule has 1 aromatic rings. The van der Waals surface area contributed by atoms with Gasteiger partial charge in [0.05, 0.1) is 6.10 Å². The Labute approximate surface area is 115 Å². The highest BCUT2D eigenvalue weighted by atomic mass is 16.3. The third-order valence-corrected chi connectivity index (χ3v) is 3.66. The van der Waals surface area contributed by atoms with Crippen molar-refractivity contribution < 1.29 is 9.90 Å². The van der Waals surface area contributed by atoms with E-state index >= 15 is 0 Å². The van der Waals surface area contributed by atoms with Crippen molar-refractivity contribution in [3.8, 4) is 0 Å². The maximum Gasteiger partial charge on any atom is 0.325 e. The van der Waals surface area contributed by atoms with E-state index in [4.69, 9.17) is 5.11 Å². The Kier molecular flexibility index (Phi) is 4.39. The fourth-order valence-electron chi connectivity index (χ4n) is 2.38. The van der Waals surface area contributed by atoms with Crippen molar-refractivity contribution in [3.63, 3.8) is 0 Å². The predicted octanol–water partition coefficient (Wildman–Crippen LogP) is -0.809. The van der Waals surface area contributed by atoms with Gasteiger partial charge in [-0.05, 0) is 32.1 Å². The van der Waals surface area contributed by atoms with Crippen LogP contribution in [-0.4, -0.2) is 33.6 Å². The predicted molar refractivity (Wildman–Crippen MR) is 72.5 cm³/mol. The second kappa shape index (κ2) is 6.04. The van der Waals surface area contributed by atoms with Gasteiger partial charge in [0.15, 0.2) is 0 Å². The van der Waals surface area contributed by atoms with Crippen molar-refractivity contribution in [1.82, 2.24) is 15.3 Å². The van der Waals surface area contributed by atoms with Crippen LogP contribution in [0, 0.1) is 12.8 Å². The molecule has 1 aliphatic carbocycles. The molecule has 20 heavy (non-hydrogen) atoms. The summed E-state index contributed by atoms with van der Waals surface area (Å²) in [5.74, 6) is 0.226. The van der Waals surface area contributed by atoms with Crippen molar-refractivity contribution in [2.75, 3.05) is 6.54 Å². The molecule has 2 rings (SSSR count). The van der Waals surface area contributed by atoms with Crippen LogP contribution in [0.2, 0.25) is 0 Å². The Morgan fingerprint density at radius 2 is 2.05 bits per heavy atom. The van der Waals surface area contributed by atoms with Crippen molar-refractivity contribution in [2.45, 2.75) is 38.7 Å². The molecular weight excluding hydrogens is 262 g/mol. The van der Waals surface area contributed by atoms with Crippen LogP contribution >= 0.6 is 0 Å². The van der Waals surface area contributed by atoms with Gasteiger partial charge < -0.3 is 15.4 Å². The van der Waals surface area contributed by atoms with Gasteiger partial charge in [0, 0.05) is 24.2 Å². The Balaban J connectivity index is 1.81. The molecule has 7 heteroatoms. The van der Waals surface area contributed by atoms with E-state index in [9.17, 15) is 14.4 Å². The second-order valence-electron chi connectivity index (χ2n) is 5.31. The smallest absolute Gasteiger partial charge is 0.325 e. The molecule has 1 amide bonds. The van der Waals surface area contributed by atoms with Crippen LogP contribution < -0.4 is 16.6 Å². The zero-order valence-electron chi connectivity index (χ0n) is 11.4. The number of aliphatic hydroxyl groups excluding tert-OH is 1. The van der Waals surface area contributed by atoms with Crippen molar-refractivity contribution in [1.29, 1.82) is 0 Å². The molecule has 0 spiro atoms. The number of aliphatic hydroxyl groups is 1. The molecular formula is C13H19N3O4. The van der Waals surface area contributed by atoms with Crippen LogP contribution in [0.5, 0.6) is 0 Å². The van der Waals surface area contributed by atoms with Gasteiger partial charge in [-0.15, -0.1) is 0 Å². The first kappa shape index (κ1) is 14.5. The lowest BCUT2D eigenvalue weighted by molar-refractivity contribution is -0.121. The lowest BCUT2D eigenvalue weighted by Crippen LogP contribution is -2.38. The van der Waals surface area contributed by atoms with E-state index in [1.165, 1.54) is 0 Å². The molecule has 0 bridgehead atoms. The number of aromatic amines is 2. The first-order chi connectivity index (χ1) is 9.45. The van der Waals surface area contributed by atoms with E-state index in [2.05, 4.69) is 15.3 Å². The van der Waals surface area contributed by atoms with Crippen molar-refractivity contribution in [3.05, 3.63) is 32.1 Å². The maximum absolute atomic E-state index is 11.7. The number of H-pyrrole nitrogens is 2. The second-order valence-corrected chi connectivity index (χ2v) is 5.31. The number of rotatable bonds is 5.